The van der Waals surface area contributed by atoms with E-state index in [1.807, 2.05) is 0 Å². The van der Waals surface area contributed by atoms with Gasteiger partial charge in [0.25, 0.3) is 0 Å². The number of halogens is 4. The Morgan fingerprint density at radius 3 is 2.75 bits per heavy atom. The average molecular weight is 444 g/mol. The number of anilines is 1. The van der Waals surface area contributed by atoms with Crippen molar-refractivity contribution in [3.05, 3.63) is 48.5 Å². The molecular formula is C22H20F4N6. The normalized spacial score (nSPS) is 21.8. The van der Waals surface area contributed by atoms with E-state index < -0.39 is 24.0 Å². The average Bonchev–Trinajstić information content (AvgIpc) is 3.19. The number of nitrogens with one attached hydrogen (secondary N) is 2. The minimum absolute atomic E-state index is 0.282. The van der Waals surface area contributed by atoms with Gasteiger partial charge >= 0.3 is 6.18 Å². The summed E-state index contributed by atoms with van der Waals surface area (Å²) in [5.74, 6) is 0.318. The van der Waals surface area contributed by atoms with Crippen LogP contribution in [-0.4, -0.2) is 38.2 Å². The summed E-state index contributed by atoms with van der Waals surface area (Å²) in [5, 5.41) is 4.44. The Hall–Kier alpha value is -3.27. The van der Waals surface area contributed by atoms with Crippen molar-refractivity contribution in [2.24, 2.45) is 5.73 Å². The van der Waals surface area contributed by atoms with Crippen LogP contribution in [0.1, 0.15) is 24.8 Å². The molecule has 6 nitrogen and oxygen atoms in total. The lowest BCUT2D eigenvalue weighted by molar-refractivity contribution is -0.137. The number of benzene rings is 1. The fraction of sp³-hybridized carbons (Fsp3) is 0.318. The van der Waals surface area contributed by atoms with Gasteiger partial charge in [0.2, 0.25) is 5.95 Å². The first-order valence-electron chi connectivity index (χ1n) is 10.3. The van der Waals surface area contributed by atoms with Crippen LogP contribution >= 0.6 is 0 Å². The van der Waals surface area contributed by atoms with Crippen molar-refractivity contribution in [2.45, 2.75) is 43.7 Å². The van der Waals surface area contributed by atoms with Gasteiger partial charge in [-0.25, -0.2) is 14.4 Å². The Morgan fingerprint density at radius 1 is 1.09 bits per heavy atom. The third kappa shape index (κ3) is 3.64. The molecule has 0 saturated heterocycles. The fourth-order valence-electron chi connectivity index (χ4n) is 4.25. The van der Waals surface area contributed by atoms with E-state index in [-0.39, 0.29) is 6.04 Å². The molecule has 0 radical (unpaired) electrons. The molecule has 3 atom stereocenters. The van der Waals surface area contributed by atoms with Crippen molar-refractivity contribution in [1.82, 2.24) is 19.9 Å². The van der Waals surface area contributed by atoms with Gasteiger partial charge in [0.05, 0.1) is 17.1 Å². The zero-order valence-corrected chi connectivity index (χ0v) is 16.8. The third-order valence-corrected chi connectivity index (χ3v) is 5.98. The van der Waals surface area contributed by atoms with Crippen LogP contribution in [0, 0.1) is 0 Å². The van der Waals surface area contributed by atoms with Gasteiger partial charge in [0.15, 0.2) is 0 Å². The Labute approximate surface area is 180 Å². The second-order valence-electron chi connectivity index (χ2n) is 8.05. The second kappa shape index (κ2) is 7.70. The van der Waals surface area contributed by atoms with E-state index in [9.17, 15) is 17.6 Å². The number of alkyl halides is 4. The van der Waals surface area contributed by atoms with Crippen molar-refractivity contribution in [2.75, 3.05) is 5.32 Å². The smallest absolute Gasteiger partial charge is 0.361 e. The first kappa shape index (κ1) is 20.6. The van der Waals surface area contributed by atoms with E-state index in [1.54, 1.807) is 24.8 Å². The Bertz CT molecular complexity index is 1280. The molecule has 4 aromatic rings. The molecule has 3 aromatic heterocycles. The van der Waals surface area contributed by atoms with Gasteiger partial charge < -0.3 is 16.0 Å². The zero-order valence-electron chi connectivity index (χ0n) is 16.8. The topological polar surface area (TPSA) is 92.5 Å². The number of hydrogen-bond acceptors (Lipinski definition) is 5. The van der Waals surface area contributed by atoms with E-state index in [4.69, 9.17) is 5.73 Å². The van der Waals surface area contributed by atoms with E-state index in [0.29, 0.717) is 45.3 Å². The van der Waals surface area contributed by atoms with Gasteiger partial charge in [-0.15, -0.1) is 0 Å². The zero-order chi connectivity index (χ0) is 22.5. The maximum atomic E-state index is 14.0. The van der Waals surface area contributed by atoms with E-state index in [0.717, 1.165) is 25.0 Å². The minimum atomic E-state index is -4.42. The van der Waals surface area contributed by atoms with Crippen LogP contribution in [0.2, 0.25) is 0 Å². The SMILES string of the molecule is N[C@H]1C(F)CCC[C@H]1Nc1ncc2cncc(-c3c[nH]c4cc(C(F)(F)F)ccc34)c2n1. The number of fused-ring (bicyclic) bond motifs is 2. The lowest BCUT2D eigenvalue weighted by atomic mass is 9.89. The van der Waals surface area contributed by atoms with Gasteiger partial charge in [-0.1, -0.05) is 6.07 Å². The van der Waals surface area contributed by atoms with E-state index in [1.165, 1.54) is 6.07 Å². The largest absolute Gasteiger partial charge is 0.416 e. The van der Waals surface area contributed by atoms with Crippen molar-refractivity contribution in [3.8, 4) is 11.1 Å². The van der Waals surface area contributed by atoms with Crippen molar-refractivity contribution < 1.29 is 17.6 Å². The predicted octanol–water partition coefficient (Wildman–Crippen LogP) is 4.82. The molecule has 0 bridgehead atoms. The standard InChI is InChI=1S/C22H20F4N6/c23-16-2-1-3-17(19(16)27)31-21-30-8-11-7-28-9-15(20(11)32-21)14-10-29-18-6-12(22(24,25)26)4-5-13(14)18/h4-10,16-17,19,29H,1-3,27H2,(H,30,31,32)/t16?,17-,19+/m1/s1. The summed E-state index contributed by atoms with van der Waals surface area (Å²) in [4.78, 5) is 16.1. The molecule has 32 heavy (non-hydrogen) atoms. The lowest BCUT2D eigenvalue weighted by Gasteiger charge is -2.32. The highest BCUT2D eigenvalue weighted by atomic mass is 19.4. The Kier molecular flexibility index (Phi) is 4.96. The number of H-pyrrole nitrogens is 1. The summed E-state index contributed by atoms with van der Waals surface area (Å²) >= 11 is 0. The highest BCUT2D eigenvalue weighted by Gasteiger charge is 2.32. The molecule has 1 fully saturated rings. The number of rotatable bonds is 3. The molecule has 0 spiro atoms. The van der Waals surface area contributed by atoms with Crippen LogP contribution in [0.5, 0.6) is 0 Å². The molecule has 4 N–H and O–H groups in total. The monoisotopic (exact) mass is 444 g/mol. The minimum Gasteiger partial charge on any atom is -0.361 e. The summed E-state index contributed by atoms with van der Waals surface area (Å²) in [6.45, 7) is 0. The van der Waals surface area contributed by atoms with Crippen LogP contribution in [0.4, 0.5) is 23.5 Å². The molecule has 10 heteroatoms. The van der Waals surface area contributed by atoms with Gasteiger partial charge in [-0.05, 0) is 31.4 Å². The predicted molar refractivity (Wildman–Crippen MR) is 114 cm³/mol. The first-order chi connectivity index (χ1) is 15.3. The van der Waals surface area contributed by atoms with Crippen LogP contribution in [0.25, 0.3) is 32.9 Å². The molecule has 3 heterocycles. The third-order valence-electron chi connectivity index (χ3n) is 5.98. The fourth-order valence-corrected chi connectivity index (χ4v) is 4.25. The van der Waals surface area contributed by atoms with E-state index >= 15 is 0 Å². The first-order valence-corrected chi connectivity index (χ1v) is 10.3. The maximum absolute atomic E-state index is 14.0. The summed E-state index contributed by atoms with van der Waals surface area (Å²) in [6, 6.07) is 2.65. The molecular weight excluding hydrogens is 424 g/mol. The highest BCUT2D eigenvalue weighted by molar-refractivity contribution is 6.03. The number of hydrogen-bond donors (Lipinski definition) is 3. The van der Waals surface area contributed by atoms with Crippen molar-refractivity contribution in [1.29, 1.82) is 0 Å². The number of aromatic nitrogens is 4. The number of pyridine rings is 1. The molecule has 5 rings (SSSR count). The van der Waals surface area contributed by atoms with Crippen LogP contribution in [0.3, 0.4) is 0 Å². The lowest BCUT2D eigenvalue weighted by Crippen LogP contribution is -2.49. The molecule has 1 unspecified atom stereocenters. The van der Waals surface area contributed by atoms with Crippen LogP contribution in [-0.2, 0) is 6.18 Å². The van der Waals surface area contributed by atoms with Gasteiger partial charge in [0.1, 0.15) is 6.17 Å². The highest BCUT2D eigenvalue weighted by Crippen LogP contribution is 2.36. The maximum Gasteiger partial charge on any atom is 0.416 e. The summed E-state index contributed by atoms with van der Waals surface area (Å²) in [7, 11) is 0. The van der Waals surface area contributed by atoms with Crippen molar-refractivity contribution in [3.63, 3.8) is 0 Å². The number of nitrogens with two attached hydrogens (primary N) is 1. The number of nitrogens with zero attached hydrogens (tertiary/aromatic N) is 3. The summed E-state index contributed by atoms with van der Waals surface area (Å²) in [6.07, 6.45) is 2.87. The Morgan fingerprint density at radius 2 is 1.94 bits per heavy atom. The molecule has 166 valence electrons. The molecule has 0 aliphatic heterocycles. The second-order valence-corrected chi connectivity index (χ2v) is 8.05. The molecule has 0 amide bonds. The Balaban J connectivity index is 1.55. The van der Waals surface area contributed by atoms with Crippen LogP contribution < -0.4 is 11.1 Å². The van der Waals surface area contributed by atoms with Gasteiger partial charge in [-0.3, -0.25) is 4.98 Å². The quantitative estimate of drug-likeness (QED) is 0.394. The molecule has 1 saturated carbocycles. The summed E-state index contributed by atoms with van der Waals surface area (Å²) < 4.78 is 53.2. The molecule has 1 aliphatic rings. The van der Waals surface area contributed by atoms with E-state index in [2.05, 4.69) is 25.3 Å². The van der Waals surface area contributed by atoms with Crippen molar-refractivity contribution >= 4 is 27.8 Å². The van der Waals surface area contributed by atoms with Gasteiger partial charge in [-0.2, -0.15) is 13.2 Å². The summed E-state index contributed by atoms with van der Waals surface area (Å²) in [5.41, 5.74) is 7.55. The molecule has 1 aliphatic carbocycles. The molecule has 1 aromatic carbocycles. The number of aromatic amines is 1. The van der Waals surface area contributed by atoms with Gasteiger partial charge in [0, 0.05) is 58.2 Å². The van der Waals surface area contributed by atoms with Crippen LogP contribution in [0.15, 0.2) is 43.0 Å².